The summed E-state index contributed by atoms with van der Waals surface area (Å²) in [4.78, 5) is 0. The fraction of sp³-hybridized carbons (Fsp3) is 0.571. The standard InChI is InChI=1S/C28H39IO3/c1-19(2)26(32)11-9-22-8-10-25(15-20(22)3)28(13-4-5-27(28)29)14-12-21-6-7-23(17-30)24(16-21)18-31/h6-8,10,15-16,19,26-27,30-32H,4-5,9,11-14,17-18H2,1-3H3. The number of aliphatic hydroxyl groups is 3. The van der Waals surface area contributed by atoms with Crippen LogP contribution in [-0.2, 0) is 31.5 Å². The molecule has 32 heavy (non-hydrogen) atoms. The van der Waals surface area contributed by atoms with Gasteiger partial charge in [0, 0.05) is 9.34 Å². The normalized spacial score (nSPS) is 21.9. The van der Waals surface area contributed by atoms with Gasteiger partial charge in [0.05, 0.1) is 19.3 Å². The van der Waals surface area contributed by atoms with Crippen LogP contribution in [0.5, 0.6) is 0 Å². The van der Waals surface area contributed by atoms with Gasteiger partial charge in [-0.2, -0.15) is 0 Å². The number of alkyl halides is 1. The highest BCUT2D eigenvalue weighted by atomic mass is 127. The van der Waals surface area contributed by atoms with Crippen LogP contribution in [0, 0.1) is 12.8 Å². The van der Waals surface area contributed by atoms with Crippen molar-refractivity contribution in [2.24, 2.45) is 5.92 Å². The quantitative estimate of drug-likeness (QED) is 0.260. The molecule has 1 fully saturated rings. The summed E-state index contributed by atoms with van der Waals surface area (Å²) >= 11 is 2.67. The maximum absolute atomic E-state index is 10.2. The van der Waals surface area contributed by atoms with Crippen molar-refractivity contribution in [3.8, 4) is 0 Å². The first-order valence-corrected chi connectivity index (χ1v) is 13.3. The zero-order chi connectivity index (χ0) is 23.3. The van der Waals surface area contributed by atoms with Crippen molar-refractivity contribution < 1.29 is 15.3 Å². The molecule has 3 atom stereocenters. The Kier molecular flexibility index (Phi) is 9.19. The Labute approximate surface area is 207 Å². The highest BCUT2D eigenvalue weighted by molar-refractivity contribution is 14.1. The van der Waals surface area contributed by atoms with E-state index in [0.717, 1.165) is 36.8 Å². The Morgan fingerprint density at radius 2 is 1.72 bits per heavy atom. The summed E-state index contributed by atoms with van der Waals surface area (Å²) in [5, 5.41) is 29.3. The number of rotatable bonds is 10. The van der Waals surface area contributed by atoms with E-state index in [0.29, 0.717) is 9.84 Å². The Morgan fingerprint density at radius 1 is 1.00 bits per heavy atom. The zero-order valence-corrected chi connectivity index (χ0v) is 21.9. The smallest absolute Gasteiger partial charge is 0.0685 e. The van der Waals surface area contributed by atoms with Gasteiger partial charge in [-0.15, -0.1) is 0 Å². The van der Waals surface area contributed by atoms with Crippen LogP contribution in [0.4, 0.5) is 0 Å². The first-order chi connectivity index (χ1) is 15.3. The predicted molar refractivity (Wildman–Crippen MR) is 140 cm³/mol. The molecule has 0 aliphatic heterocycles. The summed E-state index contributed by atoms with van der Waals surface area (Å²) in [6.07, 6.45) is 7.30. The largest absolute Gasteiger partial charge is 0.393 e. The van der Waals surface area contributed by atoms with Crippen molar-refractivity contribution in [2.75, 3.05) is 0 Å². The van der Waals surface area contributed by atoms with Crippen LogP contribution in [0.3, 0.4) is 0 Å². The van der Waals surface area contributed by atoms with Gasteiger partial charge >= 0.3 is 0 Å². The molecule has 3 nitrogen and oxygen atoms in total. The molecule has 2 aromatic rings. The fourth-order valence-electron chi connectivity index (χ4n) is 5.21. The van der Waals surface area contributed by atoms with E-state index in [4.69, 9.17) is 0 Å². The lowest BCUT2D eigenvalue weighted by atomic mass is 9.73. The van der Waals surface area contributed by atoms with Crippen LogP contribution in [0.1, 0.15) is 79.3 Å². The summed E-state index contributed by atoms with van der Waals surface area (Å²) in [7, 11) is 0. The minimum atomic E-state index is -0.241. The van der Waals surface area contributed by atoms with Crippen LogP contribution in [0.2, 0.25) is 0 Å². The molecule has 0 spiro atoms. The van der Waals surface area contributed by atoms with Gasteiger partial charge in [-0.1, -0.05) is 79.3 Å². The maximum atomic E-state index is 10.2. The summed E-state index contributed by atoms with van der Waals surface area (Å²) in [5.41, 5.74) is 7.19. The number of hydrogen-bond donors (Lipinski definition) is 3. The number of aliphatic hydroxyl groups excluding tert-OH is 3. The highest BCUT2D eigenvalue weighted by Gasteiger charge is 2.42. The molecule has 0 bridgehead atoms. The van der Waals surface area contributed by atoms with Crippen molar-refractivity contribution in [2.45, 2.75) is 94.4 Å². The molecule has 0 aromatic heterocycles. The number of hydrogen-bond acceptors (Lipinski definition) is 3. The summed E-state index contributed by atoms with van der Waals surface area (Å²) in [6.45, 7) is 6.30. The van der Waals surface area contributed by atoms with Gasteiger partial charge in [-0.3, -0.25) is 0 Å². The van der Waals surface area contributed by atoms with Crippen molar-refractivity contribution in [1.82, 2.24) is 0 Å². The zero-order valence-electron chi connectivity index (χ0n) is 19.8. The van der Waals surface area contributed by atoms with E-state index in [2.05, 4.69) is 73.7 Å². The summed E-state index contributed by atoms with van der Waals surface area (Å²) in [6, 6.07) is 13.2. The summed E-state index contributed by atoms with van der Waals surface area (Å²) < 4.78 is 0.613. The van der Waals surface area contributed by atoms with Crippen molar-refractivity contribution in [3.63, 3.8) is 0 Å². The monoisotopic (exact) mass is 550 g/mol. The number of benzene rings is 2. The van der Waals surface area contributed by atoms with Crippen LogP contribution < -0.4 is 0 Å². The molecular formula is C28H39IO3. The molecule has 1 aliphatic rings. The molecule has 0 saturated heterocycles. The van der Waals surface area contributed by atoms with Crippen LogP contribution in [0.25, 0.3) is 0 Å². The molecule has 2 aromatic carbocycles. The Bertz CT molecular complexity index is 894. The number of halogens is 1. The van der Waals surface area contributed by atoms with Gasteiger partial charge < -0.3 is 15.3 Å². The molecular weight excluding hydrogens is 511 g/mol. The predicted octanol–water partition coefficient (Wildman–Crippen LogP) is 5.79. The van der Waals surface area contributed by atoms with Gasteiger partial charge in [-0.05, 0) is 84.7 Å². The molecule has 1 aliphatic carbocycles. The van der Waals surface area contributed by atoms with Crippen molar-refractivity contribution >= 4 is 22.6 Å². The molecule has 3 unspecified atom stereocenters. The van der Waals surface area contributed by atoms with E-state index in [1.54, 1.807) is 0 Å². The lowest BCUT2D eigenvalue weighted by Crippen LogP contribution is -2.32. The van der Waals surface area contributed by atoms with Crippen molar-refractivity contribution in [3.05, 3.63) is 69.8 Å². The molecule has 0 amide bonds. The summed E-state index contributed by atoms with van der Waals surface area (Å²) in [5.74, 6) is 0.300. The molecule has 176 valence electrons. The maximum Gasteiger partial charge on any atom is 0.0685 e. The Balaban J connectivity index is 1.80. The average Bonchev–Trinajstić information content (AvgIpc) is 3.17. The van der Waals surface area contributed by atoms with Gasteiger partial charge in [0.2, 0.25) is 0 Å². The molecule has 1 saturated carbocycles. The third kappa shape index (κ3) is 5.75. The van der Waals surface area contributed by atoms with E-state index in [1.807, 2.05) is 6.07 Å². The van der Waals surface area contributed by atoms with E-state index in [1.165, 1.54) is 41.5 Å². The topological polar surface area (TPSA) is 60.7 Å². The number of aryl methyl sites for hydroxylation is 3. The van der Waals surface area contributed by atoms with Gasteiger partial charge in [0.1, 0.15) is 0 Å². The first-order valence-electron chi connectivity index (χ1n) is 12.0. The lowest BCUT2D eigenvalue weighted by molar-refractivity contribution is 0.116. The first kappa shape index (κ1) is 25.7. The van der Waals surface area contributed by atoms with E-state index >= 15 is 0 Å². The second-order valence-corrected chi connectivity index (χ2v) is 11.4. The third-order valence-electron chi connectivity index (χ3n) is 7.55. The van der Waals surface area contributed by atoms with Gasteiger partial charge in [0.15, 0.2) is 0 Å². The second-order valence-electron chi connectivity index (χ2n) is 9.93. The molecule has 4 heteroatoms. The molecule has 3 N–H and O–H groups in total. The molecule has 0 radical (unpaired) electrons. The fourth-order valence-corrected chi connectivity index (χ4v) is 6.63. The second kappa shape index (κ2) is 11.5. The Hall–Kier alpha value is -0.950. The lowest BCUT2D eigenvalue weighted by Gasteiger charge is -2.34. The third-order valence-corrected chi connectivity index (χ3v) is 9.36. The SMILES string of the molecule is Cc1cc(C2(CCc3ccc(CO)c(CO)c3)CCCC2I)ccc1CCC(O)C(C)C. The van der Waals surface area contributed by atoms with E-state index in [9.17, 15) is 15.3 Å². The molecule has 3 rings (SSSR count). The minimum absolute atomic E-state index is 0.0318. The van der Waals surface area contributed by atoms with E-state index in [-0.39, 0.29) is 24.7 Å². The average molecular weight is 551 g/mol. The van der Waals surface area contributed by atoms with Crippen LogP contribution >= 0.6 is 22.6 Å². The van der Waals surface area contributed by atoms with Crippen LogP contribution in [-0.4, -0.2) is 25.3 Å². The minimum Gasteiger partial charge on any atom is -0.393 e. The van der Waals surface area contributed by atoms with Gasteiger partial charge in [0.25, 0.3) is 0 Å². The highest BCUT2D eigenvalue weighted by Crippen LogP contribution is 2.49. The van der Waals surface area contributed by atoms with Gasteiger partial charge in [-0.25, -0.2) is 0 Å². The van der Waals surface area contributed by atoms with Crippen LogP contribution in [0.15, 0.2) is 36.4 Å². The van der Waals surface area contributed by atoms with Crippen molar-refractivity contribution in [1.29, 1.82) is 0 Å². The van der Waals surface area contributed by atoms with E-state index < -0.39 is 0 Å². The Morgan fingerprint density at radius 3 is 2.31 bits per heavy atom. The molecule has 0 heterocycles.